The van der Waals surface area contributed by atoms with Crippen LogP contribution >= 0.6 is 0 Å². The molecule has 27 heavy (non-hydrogen) atoms. The van der Waals surface area contributed by atoms with Crippen molar-refractivity contribution in [1.29, 1.82) is 0 Å². The fraction of sp³-hybridized carbons (Fsp3) is 0.150. The summed E-state index contributed by atoms with van der Waals surface area (Å²) in [4.78, 5) is 29.1. The molecular formula is C20H18N4O3. The molecule has 1 aliphatic rings. The standard InChI is InChI=1S/C20H18N4O3/c1-27-15-9-7-13(8-10-15)16-11-24-12-17(22-18(24)20(26)23-16)19(25)21-14-5-3-2-4-6-14/h2-10,12,16H,11H2,1H3,(H,21,25)(H,23,26). The zero-order valence-electron chi connectivity index (χ0n) is 14.7. The second kappa shape index (κ2) is 6.95. The molecule has 3 aromatic rings. The summed E-state index contributed by atoms with van der Waals surface area (Å²) in [5, 5.41) is 5.71. The number of ether oxygens (including phenoxy) is 1. The molecule has 2 N–H and O–H groups in total. The monoisotopic (exact) mass is 362 g/mol. The number of benzene rings is 2. The quantitative estimate of drug-likeness (QED) is 0.747. The van der Waals surface area contributed by atoms with Crippen molar-refractivity contribution in [3.05, 3.63) is 77.9 Å². The van der Waals surface area contributed by atoms with Gasteiger partial charge in [0.1, 0.15) is 11.4 Å². The van der Waals surface area contributed by atoms with E-state index in [-0.39, 0.29) is 29.4 Å². The van der Waals surface area contributed by atoms with Crippen LogP contribution in [0.25, 0.3) is 0 Å². The lowest BCUT2D eigenvalue weighted by Crippen LogP contribution is -2.38. The first-order chi connectivity index (χ1) is 13.1. The minimum absolute atomic E-state index is 0.199. The molecule has 0 fully saturated rings. The fourth-order valence-corrected chi connectivity index (χ4v) is 3.05. The predicted octanol–water partition coefficient (Wildman–Crippen LogP) is 2.63. The van der Waals surface area contributed by atoms with Gasteiger partial charge in [0.05, 0.1) is 13.2 Å². The zero-order chi connectivity index (χ0) is 18.8. The molecule has 1 atom stereocenters. The molecule has 1 aromatic heterocycles. The summed E-state index contributed by atoms with van der Waals surface area (Å²) < 4.78 is 6.88. The van der Waals surface area contributed by atoms with Crippen LogP contribution < -0.4 is 15.4 Å². The third-order valence-electron chi connectivity index (χ3n) is 4.45. The molecule has 0 saturated carbocycles. The smallest absolute Gasteiger partial charge is 0.287 e. The molecule has 7 nitrogen and oxygen atoms in total. The normalized spacial score (nSPS) is 15.6. The molecule has 0 aliphatic carbocycles. The summed E-state index contributed by atoms with van der Waals surface area (Å²) >= 11 is 0. The van der Waals surface area contributed by atoms with E-state index in [0.717, 1.165) is 11.3 Å². The van der Waals surface area contributed by atoms with Crippen LogP contribution in [-0.4, -0.2) is 28.5 Å². The fourth-order valence-electron chi connectivity index (χ4n) is 3.05. The number of carbonyl (C=O) groups excluding carboxylic acids is 2. The van der Waals surface area contributed by atoms with Gasteiger partial charge in [-0.25, -0.2) is 4.98 Å². The lowest BCUT2D eigenvalue weighted by molar-refractivity contribution is 0.0894. The number of hydrogen-bond acceptors (Lipinski definition) is 4. The number of imidazole rings is 1. The number of carbonyl (C=O) groups is 2. The number of aromatic nitrogens is 2. The molecule has 0 spiro atoms. The van der Waals surface area contributed by atoms with Gasteiger partial charge in [-0.3, -0.25) is 9.59 Å². The molecule has 7 heteroatoms. The van der Waals surface area contributed by atoms with Crippen molar-refractivity contribution in [2.24, 2.45) is 0 Å². The van der Waals surface area contributed by atoms with Gasteiger partial charge in [-0.2, -0.15) is 0 Å². The third kappa shape index (κ3) is 3.39. The average molecular weight is 362 g/mol. The Hall–Kier alpha value is -3.61. The van der Waals surface area contributed by atoms with Crippen LogP contribution in [0.15, 0.2) is 60.8 Å². The van der Waals surface area contributed by atoms with Crippen LogP contribution in [-0.2, 0) is 6.54 Å². The lowest BCUT2D eigenvalue weighted by Gasteiger charge is -2.25. The van der Waals surface area contributed by atoms with Crippen LogP contribution in [0.4, 0.5) is 5.69 Å². The molecule has 2 aromatic carbocycles. The highest BCUT2D eigenvalue weighted by atomic mass is 16.5. The number of hydrogen-bond donors (Lipinski definition) is 2. The number of anilines is 1. The maximum atomic E-state index is 12.4. The molecule has 4 rings (SSSR count). The Bertz CT molecular complexity index is 980. The number of para-hydroxylation sites is 1. The molecular weight excluding hydrogens is 344 g/mol. The molecule has 1 unspecified atom stereocenters. The van der Waals surface area contributed by atoms with Crippen LogP contribution in [0, 0.1) is 0 Å². The molecule has 0 bridgehead atoms. The number of amides is 2. The predicted molar refractivity (Wildman–Crippen MR) is 99.8 cm³/mol. The van der Waals surface area contributed by atoms with Gasteiger partial charge in [0, 0.05) is 18.4 Å². The molecule has 2 heterocycles. The average Bonchev–Trinajstić information content (AvgIpc) is 3.14. The van der Waals surface area contributed by atoms with Crippen molar-refractivity contribution in [2.75, 3.05) is 12.4 Å². The maximum absolute atomic E-state index is 12.4. The van der Waals surface area contributed by atoms with Gasteiger partial charge in [-0.05, 0) is 29.8 Å². The van der Waals surface area contributed by atoms with Gasteiger partial charge >= 0.3 is 0 Å². The van der Waals surface area contributed by atoms with Gasteiger partial charge < -0.3 is 19.9 Å². The van der Waals surface area contributed by atoms with Crippen molar-refractivity contribution in [1.82, 2.24) is 14.9 Å². The van der Waals surface area contributed by atoms with Crippen molar-refractivity contribution in [2.45, 2.75) is 12.6 Å². The Morgan fingerprint density at radius 1 is 1.19 bits per heavy atom. The van der Waals surface area contributed by atoms with Gasteiger partial charge in [0.2, 0.25) is 0 Å². The summed E-state index contributed by atoms with van der Waals surface area (Å²) in [5.41, 5.74) is 1.84. The topological polar surface area (TPSA) is 85.2 Å². The van der Waals surface area contributed by atoms with Gasteiger partial charge in [-0.15, -0.1) is 0 Å². The van der Waals surface area contributed by atoms with Crippen LogP contribution in [0.2, 0.25) is 0 Å². The molecule has 0 radical (unpaired) electrons. The molecule has 2 amide bonds. The van der Waals surface area contributed by atoms with Crippen LogP contribution in [0.5, 0.6) is 5.75 Å². The van der Waals surface area contributed by atoms with E-state index in [9.17, 15) is 9.59 Å². The first-order valence-electron chi connectivity index (χ1n) is 8.52. The van der Waals surface area contributed by atoms with E-state index in [1.54, 1.807) is 30.0 Å². The highest BCUT2D eigenvalue weighted by molar-refractivity contribution is 6.04. The van der Waals surface area contributed by atoms with E-state index < -0.39 is 0 Å². The zero-order valence-corrected chi connectivity index (χ0v) is 14.7. The van der Waals surface area contributed by atoms with Crippen LogP contribution in [0.3, 0.4) is 0 Å². The maximum Gasteiger partial charge on any atom is 0.287 e. The minimum Gasteiger partial charge on any atom is -0.497 e. The Labute approximate surface area is 156 Å². The molecule has 0 saturated heterocycles. The van der Waals surface area contributed by atoms with Crippen LogP contribution in [0.1, 0.15) is 32.7 Å². The number of rotatable bonds is 4. The van der Waals surface area contributed by atoms with Crippen molar-refractivity contribution < 1.29 is 14.3 Å². The summed E-state index contributed by atoms with van der Waals surface area (Å²) in [6.45, 7) is 0.499. The molecule has 136 valence electrons. The third-order valence-corrected chi connectivity index (χ3v) is 4.45. The van der Waals surface area contributed by atoms with Gasteiger partial charge in [-0.1, -0.05) is 30.3 Å². The van der Waals surface area contributed by atoms with E-state index in [1.807, 2.05) is 42.5 Å². The van der Waals surface area contributed by atoms with Crippen molar-refractivity contribution >= 4 is 17.5 Å². The second-order valence-electron chi connectivity index (χ2n) is 6.22. The van der Waals surface area contributed by atoms with E-state index in [1.165, 1.54) is 0 Å². The Morgan fingerprint density at radius 3 is 2.63 bits per heavy atom. The Balaban J connectivity index is 1.54. The SMILES string of the molecule is COc1ccc(C2Cn3cc(C(=O)Nc4ccccc4)nc3C(=O)N2)cc1. The summed E-state index contributed by atoms with van der Waals surface area (Å²) in [7, 11) is 1.61. The first kappa shape index (κ1) is 16.8. The van der Waals surface area contributed by atoms with Crippen molar-refractivity contribution in [3.8, 4) is 5.75 Å². The summed E-state index contributed by atoms with van der Waals surface area (Å²) in [5.74, 6) is 0.333. The minimum atomic E-state index is -0.350. The van der Waals surface area contributed by atoms with E-state index >= 15 is 0 Å². The Kier molecular flexibility index (Phi) is 4.33. The first-order valence-corrected chi connectivity index (χ1v) is 8.52. The van der Waals surface area contributed by atoms with E-state index in [0.29, 0.717) is 12.2 Å². The summed E-state index contributed by atoms with van der Waals surface area (Å²) in [6.07, 6.45) is 1.61. The lowest BCUT2D eigenvalue weighted by atomic mass is 10.1. The Morgan fingerprint density at radius 2 is 1.93 bits per heavy atom. The van der Waals surface area contributed by atoms with Crippen molar-refractivity contribution in [3.63, 3.8) is 0 Å². The van der Waals surface area contributed by atoms with Gasteiger partial charge in [0.25, 0.3) is 11.8 Å². The van der Waals surface area contributed by atoms with Gasteiger partial charge in [0.15, 0.2) is 5.82 Å². The molecule has 1 aliphatic heterocycles. The number of methoxy groups -OCH3 is 1. The number of fused-ring (bicyclic) bond motifs is 1. The number of nitrogens with zero attached hydrogens (tertiary/aromatic N) is 2. The van der Waals surface area contributed by atoms with E-state index in [4.69, 9.17) is 4.74 Å². The second-order valence-corrected chi connectivity index (χ2v) is 6.22. The highest BCUT2D eigenvalue weighted by Gasteiger charge is 2.28. The largest absolute Gasteiger partial charge is 0.497 e. The summed E-state index contributed by atoms with van der Waals surface area (Å²) in [6, 6.07) is 16.4. The highest BCUT2D eigenvalue weighted by Crippen LogP contribution is 2.23. The number of nitrogens with one attached hydrogen (secondary N) is 2. The van der Waals surface area contributed by atoms with E-state index in [2.05, 4.69) is 15.6 Å².